The molecule has 0 unspecified atom stereocenters. The van der Waals surface area contributed by atoms with E-state index in [-0.39, 0.29) is 24.0 Å². The molecule has 104 valence electrons. The quantitative estimate of drug-likeness (QED) is 0.797. The molecule has 20 heavy (non-hydrogen) atoms. The molecule has 1 aliphatic carbocycles. The highest BCUT2D eigenvalue weighted by Crippen LogP contribution is 2.34. The number of nitrogens with zero attached hydrogens (tertiary/aromatic N) is 2. The second-order valence-electron chi connectivity index (χ2n) is 5.03. The van der Waals surface area contributed by atoms with Gasteiger partial charge in [-0.2, -0.15) is 0 Å². The van der Waals surface area contributed by atoms with Gasteiger partial charge in [0.2, 0.25) is 0 Å². The van der Waals surface area contributed by atoms with E-state index in [0.29, 0.717) is 23.1 Å². The summed E-state index contributed by atoms with van der Waals surface area (Å²) < 4.78 is 6.41. The third kappa shape index (κ3) is 2.31. The third-order valence-electron chi connectivity index (χ3n) is 3.57. The zero-order valence-electron chi connectivity index (χ0n) is 11.3. The van der Waals surface area contributed by atoms with Gasteiger partial charge in [0.25, 0.3) is 5.56 Å². The molecule has 0 radical (unpaired) electrons. The number of aromatic nitrogens is 2. The van der Waals surface area contributed by atoms with Crippen molar-refractivity contribution >= 4 is 16.9 Å². The first-order valence-corrected chi connectivity index (χ1v) is 6.77. The molecule has 1 heterocycles. The molecule has 0 spiro atoms. The molecule has 2 aromatic rings. The van der Waals surface area contributed by atoms with E-state index in [1.54, 1.807) is 10.6 Å². The van der Waals surface area contributed by atoms with Crippen LogP contribution in [0.2, 0.25) is 0 Å². The summed E-state index contributed by atoms with van der Waals surface area (Å²) in [6.07, 6.45) is 2.69. The highest BCUT2D eigenvalue weighted by atomic mass is 16.5. The second-order valence-corrected chi connectivity index (χ2v) is 5.03. The average molecular weight is 272 g/mol. The predicted molar refractivity (Wildman–Crippen MR) is 74.6 cm³/mol. The lowest BCUT2D eigenvalue weighted by Crippen LogP contribution is -2.25. The molecule has 0 amide bonds. The smallest absolute Gasteiger partial charge is 0.305 e. The number of para-hydroxylation sites is 1. The maximum Gasteiger partial charge on any atom is 0.305 e. The number of methoxy groups -OCH3 is 1. The molecule has 0 saturated heterocycles. The fourth-order valence-corrected chi connectivity index (χ4v) is 2.39. The van der Waals surface area contributed by atoms with Crippen molar-refractivity contribution in [1.82, 2.24) is 9.55 Å². The fraction of sp³-hybridized carbons (Fsp3) is 0.400. The van der Waals surface area contributed by atoms with Crippen molar-refractivity contribution in [1.29, 1.82) is 0 Å². The number of rotatable bonds is 4. The van der Waals surface area contributed by atoms with Crippen LogP contribution in [0.3, 0.4) is 0 Å². The van der Waals surface area contributed by atoms with E-state index < -0.39 is 0 Å². The Labute approximate surface area is 116 Å². The third-order valence-corrected chi connectivity index (χ3v) is 3.57. The summed E-state index contributed by atoms with van der Waals surface area (Å²) in [7, 11) is 1.37. The van der Waals surface area contributed by atoms with Gasteiger partial charge in [-0.15, -0.1) is 0 Å². The molecule has 1 saturated carbocycles. The van der Waals surface area contributed by atoms with Crippen LogP contribution in [0.25, 0.3) is 10.9 Å². The number of fused-ring (bicyclic) bond motifs is 1. The van der Waals surface area contributed by atoms with Crippen molar-refractivity contribution in [2.24, 2.45) is 0 Å². The molecule has 3 rings (SSSR count). The van der Waals surface area contributed by atoms with Crippen molar-refractivity contribution < 1.29 is 9.53 Å². The van der Waals surface area contributed by atoms with Crippen LogP contribution in [0.15, 0.2) is 29.1 Å². The first-order valence-electron chi connectivity index (χ1n) is 6.77. The molecule has 1 aromatic carbocycles. The summed E-state index contributed by atoms with van der Waals surface area (Å²) >= 11 is 0. The summed E-state index contributed by atoms with van der Waals surface area (Å²) in [4.78, 5) is 28.4. The first-order chi connectivity index (χ1) is 9.70. The lowest BCUT2D eigenvalue weighted by Gasteiger charge is -2.12. The highest BCUT2D eigenvalue weighted by Gasteiger charge is 2.28. The topological polar surface area (TPSA) is 61.2 Å². The summed E-state index contributed by atoms with van der Waals surface area (Å²) in [5, 5.41) is 0.640. The van der Waals surface area contributed by atoms with Crippen LogP contribution in [0, 0.1) is 0 Å². The van der Waals surface area contributed by atoms with E-state index in [0.717, 1.165) is 12.8 Å². The predicted octanol–water partition coefficient (Wildman–Crippen LogP) is 1.84. The van der Waals surface area contributed by atoms with Crippen molar-refractivity contribution in [3.63, 3.8) is 0 Å². The Bertz CT molecular complexity index is 717. The van der Waals surface area contributed by atoms with Gasteiger partial charge >= 0.3 is 5.97 Å². The molecule has 1 fully saturated rings. The minimum atomic E-state index is -0.283. The standard InChI is InChI=1S/C15H16N2O3/c1-20-14(18)9-8-13-16-12-5-3-2-4-11(12)15(19)17(13)10-6-7-10/h2-5,10H,6-9H2,1H3. The number of aryl methyl sites for hydroxylation is 1. The van der Waals surface area contributed by atoms with Crippen LogP contribution in [0.4, 0.5) is 0 Å². The van der Waals surface area contributed by atoms with Crippen molar-refractivity contribution in [2.45, 2.75) is 31.7 Å². The Morgan fingerprint density at radius 3 is 2.85 bits per heavy atom. The summed E-state index contributed by atoms with van der Waals surface area (Å²) in [6.45, 7) is 0. The molecule has 0 atom stereocenters. The Hall–Kier alpha value is -2.17. The van der Waals surface area contributed by atoms with Crippen LogP contribution >= 0.6 is 0 Å². The average Bonchev–Trinajstić information content (AvgIpc) is 3.29. The molecule has 5 nitrogen and oxygen atoms in total. The van der Waals surface area contributed by atoms with E-state index >= 15 is 0 Å². The van der Waals surface area contributed by atoms with Gasteiger partial charge in [-0.25, -0.2) is 4.98 Å². The number of carbonyl (C=O) groups is 1. The molecule has 5 heteroatoms. The number of hydrogen-bond acceptors (Lipinski definition) is 4. The normalized spacial score (nSPS) is 14.4. The van der Waals surface area contributed by atoms with Gasteiger partial charge in [-0.3, -0.25) is 14.2 Å². The van der Waals surface area contributed by atoms with Crippen molar-refractivity contribution in [3.8, 4) is 0 Å². The van der Waals surface area contributed by atoms with Gasteiger partial charge in [0.1, 0.15) is 5.82 Å². The number of hydrogen-bond donors (Lipinski definition) is 0. The Balaban J connectivity index is 2.07. The number of esters is 1. The van der Waals surface area contributed by atoms with E-state index in [1.165, 1.54) is 7.11 Å². The van der Waals surface area contributed by atoms with Gasteiger partial charge in [-0.05, 0) is 25.0 Å². The minimum Gasteiger partial charge on any atom is -0.469 e. The number of ether oxygens (including phenoxy) is 1. The van der Waals surface area contributed by atoms with Gasteiger partial charge in [0.15, 0.2) is 0 Å². The molecule has 0 N–H and O–H groups in total. The van der Waals surface area contributed by atoms with Gasteiger partial charge in [-0.1, -0.05) is 12.1 Å². The van der Waals surface area contributed by atoms with E-state index in [4.69, 9.17) is 0 Å². The summed E-state index contributed by atoms with van der Waals surface area (Å²) in [5.41, 5.74) is 0.687. The molecule has 1 aliphatic rings. The van der Waals surface area contributed by atoms with E-state index in [2.05, 4.69) is 9.72 Å². The van der Waals surface area contributed by atoms with Gasteiger partial charge in [0, 0.05) is 12.5 Å². The maximum atomic E-state index is 12.6. The Morgan fingerprint density at radius 2 is 2.15 bits per heavy atom. The first kappa shape index (κ1) is 12.8. The highest BCUT2D eigenvalue weighted by molar-refractivity contribution is 5.77. The monoisotopic (exact) mass is 272 g/mol. The SMILES string of the molecule is COC(=O)CCc1nc2ccccc2c(=O)n1C1CC1. The fourth-order valence-electron chi connectivity index (χ4n) is 2.39. The molecule has 1 aromatic heterocycles. The van der Waals surface area contributed by atoms with Crippen LogP contribution in [0.5, 0.6) is 0 Å². The molecule has 0 aliphatic heterocycles. The van der Waals surface area contributed by atoms with Crippen LogP contribution in [-0.4, -0.2) is 22.6 Å². The van der Waals surface area contributed by atoms with Crippen molar-refractivity contribution in [2.75, 3.05) is 7.11 Å². The molecule has 0 bridgehead atoms. The lowest BCUT2D eigenvalue weighted by molar-refractivity contribution is -0.140. The Morgan fingerprint density at radius 1 is 1.40 bits per heavy atom. The summed E-state index contributed by atoms with van der Waals surface area (Å²) in [5.74, 6) is 0.399. The lowest BCUT2D eigenvalue weighted by atomic mass is 10.2. The number of benzene rings is 1. The largest absolute Gasteiger partial charge is 0.469 e. The van der Waals surface area contributed by atoms with Gasteiger partial charge in [0.05, 0.1) is 24.4 Å². The van der Waals surface area contributed by atoms with E-state index in [9.17, 15) is 9.59 Å². The van der Waals surface area contributed by atoms with Crippen LogP contribution < -0.4 is 5.56 Å². The zero-order valence-corrected chi connectivity index (χ0v) is 11.3. The van der Waals surface area contributed by atoms with E-state index in [1.807, 2.05) is 18.2 Å². The van der Waals surface area contributed by atoms with Crippen molar-refractivity contribution in [3.05, 3.63) is 40.4 Å². The van der Waals surface area contributed by atoms with Gasteiger partial charge < -0.3 is 4.74 Å². The Kier molecular flexibility index (Phi) is 3.26. The van der Waals surface area contributed by atoms with Crippen LogP contribution in [0.1, 0.15) is 31.1 Å². The minimum absolute atomic E-state index is 0.00188. The zero-order chi connectivity index (χ0) is 14.1. The molecular weight excluding hydrogens is 256 g/mol. The molecular formula is C15H16N2O3. The van der Waals surface area contributed by atoms with Crippen LogP contribution in [-0.2, 0) is 16.0 Å². The number of carbonyl (C=O) groups excluding carboxylic acids is 1. The maximum absolute atomic E-state index is 12.6. The second kappa shape index (κ2) is 5.07. The summed E-state index contributed by atoms with van der Waals surface area (Å²) in [6, 6.07) is 7.58.